The first-order valence-electron chi connectivity index (χ1n) is 9.15. The van der Waals surface area contributed by atoms with Crippen molar-refractivity contribution >= 4 is 6.03 Å². The summed E-state index contributed by atoms with van der Waals surface area (Å²) in [5, 5.41) is 12.5. The number of carbonyl (C=O) groups excluding carboxylic acids is 1. The van der Waals surface area contributed by atoms with Crippen molar-refractivity contribution < 1.29 is 9.90 Å². The molecular formula is C19H27N3O2. The molecule has 4 rings (SSSR count). The Morgan fingerprint density at radius 3 is 2.75 bits per heavy atom. The van der Waals surface area contributed by atoms with E-state index in [2.05, 4.69) is 40.5 Å². The van der Waals surface area contributed by atoms with Gasteiger partial charge in [-0.2, -0.15) is 0 Å². The van der Waals surface area contributed by atoms with Crippen LogP contribution in [0.1, 0.15) is 24.8 Å². The molecule has 1 saturated carbocycles. The van der Waals surface area contributed by atoms with Crippen molar-refractivity contribution in [1.29, 1.82) is 0 Å². The maximum absolute atomic E-state index is 12.4. The van der Waals surface area contributed by atoms with Crippen molar-refractivity contribution in [1.82, 2.24) is 15.1 Å². The molecule has 2 heterocycles. The van der Waals surface area contributed by atoms with Gasteiger partial charge in [0.2, 0.25) is 0 Å². The van der Waals surface area contributed by atoms with Crippen LogP contribution < -0.4 is 5.32 Å². The number of rotatable bonds is 4. The molecule has 1 aromatic carbocycles. The van der Waals surface area contributed by atoms with Gasteiger partial charge in [0.25, 0.3) is 0 Å². The Labute approximate surface area is 143 Å². The summed E-state index contributed by atoms with van der Waals surface area (Å²) in [5.74, 6) is 0.435. The number of hydrogen-bond acceptors (Lipinski definition) is 3. The van der Waals surface area contributed by atoms with E-state index >= 15 is 0 Å². The van der Waals surface area contributed by atoms with Crippen molar-refractivity contribution in [2.24, 2.45) is 5.92 Å². The molecule has 2 atom stereocenters. The number of carbonyl (C=O) groups is 1. The number of aliphatic hydroxyl groups is 1. The van der Waals surface area contributed by atoms with Gasteiger partial charge >= 0.3 is 6.03 Å². The molecule has 5 heteroatoms. The van der Waals surface area contributed by atoms with Gasteiger partial charge in [0.15, 0.2) is 0 Å². The third-order valence-corrected chi connectivity index (χ3v) is 5.99. The van der Waals surface area contributed by atoms with Crippen LogP contribution in [0.2, 0.25) is 0 Å². The predicted molar refractivity (Wildman–Crippen MR) is 92.9 cm³/mol. The molecule has 2 saturated heterocycles. The van der Waals surface area contributed by atoms with Crippen LogP contribution in [-0.4, -0.2) is 66.3 Å². The Kier molecular flexibility index (Phi) is 4.22. The number of urea groups is 1. The van der Waals surface area contributed by atoms with E-state index in [0.29, 0.717) is 12.0 Å². The summed E-state index contributed by atoms with van der Waals surface area (Å²) in [6.45, 7) is 4.50. The molecule has 0 aromatic heterocycles. The quantitative estimate of drug-likeness (QED) is 0.878. The van der Waals surface area contributed by atoms with Crippen molar-refractivity contribution in [3.63, 3.8) is 0 Å². The number of hydrogen-bond donors (Lipinski definition) is 2. The number of aliphatic hydroxyl groups excluding tert-OH is 1. The third kappa shape index (κ3) is 2.91. The average molecular weight is 329 g/mol. The van der Waals surface area contributed by atoms with E-state index < -0.39 is 0 Å². The van der Waals surface area contributed by atoms with Crippen LogP contribution in [0.5, 0.6) is 0 Å². The molecule has 1 aromatic rings. The number of fused-ring (bicyclic) bond motifs is 1. The topological polar surface area (TPSA) is 55.8 Å². The number of nitrogens with one attached hydrogen (secondary N) is 1. The Bertz CT molecular complexity index is 590. The van der Waals surface area contributed by atoms with Crippen LogP contribution in [0.15, 0.2) is 30.3 Å². The lowest BCUT2D eigenvalue weighted by Crippen LogP contribution is -2.53. The molecule has 3 aliphatic rings. The highest BCUT2D eigenvalue weighted by atomic mass is 16.3. The van der Waals surface area contributed by atoms with Crippen molar-refractivity contribution in [2.75, 3.05) is 39.3 Å². The summed E-state index contributed by atoms with van der Waals surface area (Å²) in [4.78, 5) is 16.8. The van der Waals surface area contributed by atoms with E-state index in [0.717, 1.165) is 52.0 Å². The SMILES string of the molecule is O=C(NC1CC1)N1CCC2(c3ccccc3)CN(CCO)CC2C1. The fourth-order valence-electron chi connectivity index (χ4n) is 4.52. The second-order valence-corrected chi connectivity index (χ2v) is 7.60. The molecule has 2 aliphatic heterocycles. The lowest BCUT2D eigenvalue weighted by Gasteiger charge is -2.44. The molecule has 2 unspecified atom stereocenters. The fraction of sp³-hybridized carbons (Fsp3) is 0.632. The molecule has 130 valence electrons. The zero-order valence-corrected chi connectivity index (χ0v) is 14.2. The number of nitrogens with zero attached hydrogens (tertiary/aromatic N) is 2. The lowest BCUT2D eigenvalue weighted by atomic mass is 9.68. The smallest absolute Gasteiger partial charge is 0.317 e. The van der Waals surface area contributed by atoms with Gasteiger partial charge < -0.3 is 15.3 Å². The van der Waals surface area contributed by atoms with Gasteiger partial charge in [0.1, 0.15) is 0 Å². The third-order valence-electron chi connectivity index (χ3n) is 5.99. The first-order valence-corrected chi connectivity index (χ1v) is 9.15. The Hall–Kier alpha value is -1.59. The van der Waals surface area contributed by atoms with Crippen LogP contribution in [0.4, 0.5) is 4.79 Å². The van der Waals surface area contributed by atoms with E-state index in [-0.39, 0.29) is 18.1 Å². The summed E-state index contributed by atoms with van der Waals surface area (Å²) >= 11 is 0. The van der Waals surface area contributed by atoms with Crippen molar-refractivity contribution in [3.8, 4) is 0 Å². The van der Waals surface area contributed by atoms with Gasteiger partial charge in [0.05, 0.1) is 6.61 Å². The van der Waals surface area contributed by atoms with Crippen molar-refractivity contribution in [2.45, 2.75) is 30.7 Å². The van der Waals surface area contributed by atoms with Crippen LogP contribution >= 0.6 is 0 Å². The first-order chi connectivity index (χ1) is 11.7. The molecule has 2 N–H and O–H groups in total. The van der Waals surface area contributed by atoms with Gasteiger partial charge in [0, 0.05) is 50.1 Å². The van der Waals surface area contributed by atoms with Gasteiger partial charge in [-0.25, -0.2) is 4.79 Å². The lowest BCUT2D eigenvalue weighted by molar-refractivity contribution is 0.133. The van der Waals surface area contributed by atoms with Crippen molar-refractivity contribution in [3.05, 3.63) is 35.9 Å². The molecule has 1 aliphatic carbocycles. The molecule has 3 fully saturated rings. The van der Waals surface area contributed by atoms with E-state index in [9.17, 15) is 9.90 Å². The molecule has 5 nitrogen and oxygen atoms in total. The number of likely N-dealkylation sites (tertiary alicyclic amines) is 2. The zero-order valence-electron chi connectivity index (χ0n) is 14.2. The summed E-state index contributed by atoms with van der Waals surface area (Å²) in [7, 11) is 0. The highest BCUT2D eigenvalue weighted by Crippen LogP contribution is 2.45. The van der Waals surface area contributed by atoms with Crippen LogP contribution in [0.25, 0.3) is 0 Å². The number of benzene rings is 1. The summed E-state index contributed by atoms with van der Waals surface area (Å²) < 4.78 is 0. The molecular weight excluding hydrogens is 302 g/mol. The monoisotopic (exact) mass is 329 g/mol. The summed E-state index contributed by atoms with van der Waals surface area (Å²) in [5.41, 5.74) is 1.50. The highest BCUT2D eigenvalue weighted by molar-refractivity contribution is 5.75. The summed E-state index contributed by atoms with van der Waals surface area (Å²) in [6, 6.07) is 11.3. The number of β-amino-alcohol motifs (C(OH)–C–C–N with tert-alkyl or cyclic N) is 1. The van der Waals surface area contributed by atoms with Gasteiger partial charge in [-0.3, -0.25) is 4.90 Å². The second-order valence-electron chi connectivity index (χ2n) is 7.60. The van der Waals surface area contributed by atoms with Gasteiger partial charge in [-0.05, 0) is 24.8 Å². The molecule has 0 spiro atoms. The highest BCUT2D eigenvalue weighted by Gasteiger charge is 2.50. The zero-order chi connectivity index (χ0) is 16.6. The van der Waals surface area contributed by atoms with Gasteiger partial charge in [-0.15, -0.1) is 0 Å². The van der Waals surface area contributed by atoms with Crippen LogP contribution in [0, 0.1) is 5.92 Å². The molecule has 24 heavy (non-hydrogen) atoms. The van der Waals surface area contributed by atoms with Crippen LogP contribution in [-0.2, 0) is 5.41 Å². The normalized spacial score (nSPS) is 30.2. The van der Waals surface area contributed by atoms with Gasteiger partial charge in [-0.1, -0.05) is 30.3 Å². The van der Waals surface area contributed by atoms with E-state index in [4.69, 9.17) is 0 Å². The summed E-state index contributed by atoms with van der Waals surface area (Å²) in [6.07, 6.45) is 3.25. The van der Waals surface area contributed by atoms with Crippen LogP contribution in [0.3, 0.4) is 0 Å². The Morgan fingerprint density at radius 2 is 2.04 bits per heavy atom. The molecule has 0 bridgehead atoms. The van der Waals surface area contributed by atoms with E-state index in [1.165, 1.54) is 5.56 Å². The minimum atomic E-state index is 0.111. The van der Waals surface area contributed by atoms with E-state index in [1.54, 1.807) is 0 Å². The fourth-order valence-corrected chi connectivity index (χ4v) is 4.52. The second kappa shape index (κ2) is 6.37. The first kappa shape index (κ1) is 15.9. The minimum absolute atomic E-state index is 0.111. The maximum atomic E-state index is 12.4. The maximum Gasteiger partial charge on any atom is 0.317 e. The predicted octanol–water partition coefficient (Wildman–Crippen LogP) is 1.43. The Balaban J connectivity index is 1.54. The minimum Gasteiger partial charge on any atom is -0.395 e. The van der Waals surface area contributed by atoms with E-state index in [1.807, 2.05) is 4.90 Å². The molecule has 0 radical (unpaired) electrons. The average Bonchev–Trinajstić information content (AvgIpc) is 3.33. The Morgan fingerprint density at radius 1 is 1.25 bits per heavy atom. The molecule has 2 amide bonds. The number of piperidine rings is 1. The largest absolute Gasteiger partial charge is 0.395 e. The standard InChI is InChI=1S/C19H27N3O2/c23-11-10-21-12-16-13-22(18(24)20-17-6-7-17)9-8-19(16,14-21)15-4-2-1-3-5-15/h1-5,16-17,23H,6-14H2,(H,20,24). The number of amides is 2.